The SMILES string of the molecule is CN1CC[C@]23C(=O)C[C@H]4C(=CCO[C@@H]5CC(=O)N(c6c(O)cccc62)[C@H]3[C@H]54)C1. The van der Waals surface area contributed by atoms with Crippen LogP contribution in [0.3, 0.4) is 0 Å². The van der Waals surface area contributed by atoms with Crippen LogP contribution in [0, 0.1) is 11.8 Å². The van der Waals surface area contributed by atoms with Gasteiger partial charge in [0.05, 0.1) is 36.3 Å². The van der Waals surface area contributed by atoms with Crippen LogP contribution in [0.5, 0.6) is 5.75 Å². The highest BCUT2D eigenvalue weighted by Gasteiger charge is 2.68. The number of ether oxygens (including phenoxy) is 1. The number of para-hydroxylation sites is 1. The second-order valence-electron chi connectivity index (χ2n) is 9.01. The fraction of sp³-hybridized carbons (Fsp3) is 0.545. The van der Waals surface area contributed by atoms with Crippen molar-refractivity contribution in [2.45, 2.75) is 36.8 Å². The van der Waals surface area contributed by atoms with Crippen molar-refractivity contribution in [3.05, 3.63) is 35.4 Å². The van der Waals surface area contributed by atoms with Crippen LogP contribution < -0.4 is 4.90 Å². The number of piperidine rings is 1. The van der Waals surface area contributed by atoms with Gasteiger partial charge in [-0.05, 0) is 37.6 Å². The maximum atomic E-state index is 13.8. The minimum Gasteiger partial charge on any atom is -0.506 e. The molecule has 0 aromatic heterocycles. The zero-order chi connectivity index (χ0) is 19.2. The Labute approximate surface area is 163 Å². The van der Waals surface area contributed by atoms with E-state index >= 15 is 0 Å². The molecule has 5 atom stereocenters. The monoisotopic (exact) mass is 380 g/mol. The summed E-state index contributed by atoms with van der Waals surface area (Å²) in [5.74, 6) is 0.455. The molecule has 6 aliphatic rings. The predicted molar refractivity (Wildman–Crippen MR) is 102 cm³/mol. The Kier molecular flexibility index (Phi) is 3.26. The molecule has 6 nitrogen and oxygen atoms in total. The minimum absolute atomic E-state index is 0.0413. The van der Waals surface area contributed by atoms with Crippen molar-refractivity contribution in [3.63, 3.8) is 0 Å². The van der Waals surface area contributed by atoms with Gasteiger partial charge in [-0.3, -0.25) is 9.59 Å². The first kappa shape index (κ1) is 16.7. The van der Waals surface area contributed by atoms with Gasteiger partial charge in [-0.25, -0.2) is 0 Å². The number of benzene rings is 1. The van der Waals surface area contributed by atoms with Crippen molar-refractivity contribution in [2.24, 2.45) is 11.8 Å². The smallest absolute Gasteiger partial charge is 0.230 e. The summed E-state index contributed by atoms with van der Waals surface area (Å²) >= 11 is 0. The lowest BCUT2D eigenvalue weighted by Crippen LogP contribution is -2.66. The van der Waals surface area contributed by atoms with Gasteiger partial charge in [0.1, 0.15) is 11.5 Å². The number of ketones is 1. The molecule has 6 heteroatoms. The number of rotatable bonds is 0. The number of amides is 1. The second-order valence-corrected chi connectivity index (χ2v) is 9.01. The van der Waals surface area contributed by atoms with Gasteiger partial charge >= 0.3 is 0 Å². The van der Waals surface area contributed by atoms with Crippen molar-refractivity contribution >= 4 is 17.4 Å². The summed E-state index contributed by atoms with van der Waals surface area (Å²) in [4.78, 5) is 31.1. The number of carbonyl (C=O) groups excluding carboxylic acids is 2. The molecule has 1 aromatic carbocycles. The van der Waals surface area contributed by atoms with Gasteiger partial charge in [0.15, 0.2) is 0 Å². The zero-order valence-corrected chi connectivity index (χ0v) is 15.9. The molecule has 1 saturated carbocycles. The number of hydrogen-bond donors (Lipinski definition) is 1. The summed E-state index contributed by atoms with van der Waals surface area (Å²) in [5.41, 5.74) is 1.91. The number of fused-ring (bicyclic) bond motifs is 6. The van der Waals surface area contributed by atoms with Gasteiger partial charge in [-0.2, -0.15) is 0 Å². The Hall–Kier alpha value is -2.18. The van der Waals surface area contributed by atoms with E-state index in [1.807, 2.05) is 6.07 Å². The van der Waals surface area contributed by atoms with Gasteiger partial charge < -0.3 is 19.6 Å². The van der Waals surface area contributed by atoms with Gasteiger partial charge in [0, 0.05) is 18.9 Å². The zero-order valence-electron chi connectivity index (χ0n) is 15.9. The lowest BCUT2D eigenvalue weighted by atomic mass is 9.55. The van der Waals surface area contributed by atoms with Crippen LogP contribution in [0.15, 0.2) is 29.8 Å². The summed E-state index contributed by atoms with van der Waals surface area (Å²) in [6.07, 6.45) is 3.44. The van der Waals surface area contributed by atoms with E-state index in [0.717, 1.165) is 18.7 Å². The van der Waals surface area contributed by atoms with Crippen LogP contribution in [0.25, 0.3) is 0 Å². The number of likely N-dealkylation sites (N-methyl/N-ethyl adjacent to an activating group) is 1. The molecule has 1 spiro atoms. The van der Waals surface area contributed by atoms with Crippen LogP contribution in [-0.2, 0) is 19.7 Å². The molecule has 146 valence electrons. The molecule has 28 heavy (non-hydrogen) atoms. The Morgan fingerprint density at radius 2 is 2.11 bits per heavy atom. The first-order valence-electron chi connectivity index (χ1n) is 10.2. The highest BCUT2D eigenvalue weighted by molar-refractivity contribution is 6.07. The summed E-state index contributed by atoms with van der Waals surface area (Å²) in [6, 6.07) is 5.10. The van der Waals surface area contributed by atoms with Crippen molar-refractivity contribution in [1.29, 1.82) is 0 Å². The highest BCUT2D eigenvalue weighted by atomic mass is 16.5. The Morgan fingerprint density at radius 3 is 2.96 bits per heavy atom. The Balaban J connectivity index is 1.67. The van der Waals surface area contributed by atoms with E-state index in [4.69, 9.17) is 4.74 Å². The molecule has 1 aliphatic carbocycles. The number of aromatic hydroxyl groups is 1. The first-order chi connectivity index (χ1) is 13.5. The largest absolute Gasteiger partial charge is 0.506 e. The molecule has 4 fully saturated rings. The summed E-state index contributed by atoms with van der Waals surface area (Å²) in [7, 11) is 2.10. The van der Waals surface area contributed by atoms with Gasteiger partial charge in [0.2, 0.25) is 5.91 Å². The summed E-state index contributed by atoms with van der Waals surface area (Å²) in [5, 5.41) is 10.7. The minimum atomic E-state index is -0.749. The van der Waals surface area contributed by atoms with E-state index in [1.54, 1.807) is 17.0 Å². The van der Waals surface area contributed by atoms with E-state index in [9.17, 15) is 14.7 Å². The van der Waals surface area contributed by atoms with Crippen LogP contribution in [0.4, 0.5) is 5.69 Å². The van der Waals surface area contributed by atoms with E-state index < -0.39 is 5.41 Å². The van der Waals surface area contributed by atoms with Crippen molar-refractivity contribution in [3.8, 4) is 5.75 Å². The molecule has 0 radical (unpaired) electrons. The molecular weight excluding hydrogens is 356 g/mol. The Morgan fingerprint density at radius 1 is 1.25 bits per heavy atom. The van der Waals surface area contributed by atoms with E-state index in [-0.39, 0.29) is 41.4 Å². The average molecular weight is 380 g/mol. The van der Waals surface area contributed by atoms with E-state index in [1.165, 1.54) is 5.57 Å². The number of phenolic OH excluding ortho intramolecular Hbond substituents is 1. The van der Waals surface area contributed by atoms with Gasteiger partial charge in [-0.15, -0.1) is 0 Å². The molecule has 5 heterocycles. The third-order valence-electron chi connectivity index (χ3n) is 7.80. The molecular formula is C22H24N2O4. The number of carbonyl (C=O) groups is 2. The van der Waals surface area contributed by atoms with Crippen LogP contribution in [0.1, 0.15) is 24.8 Å². The second kappa shape index (κ2) is 5.45. The molecule has 0 unspecified atom stereocenters. The fourth-order valence-corrected chi connectivity index (χ4v) is 6.71. The van der Waals surface area contributed by atoms with Gasteiger partial charge in [-0.1, -0.05) is 23.8 Å². The maximum absolute atomic E-state index is 13.8. The normalized spacial score (nSPS) is 39.0. The molecule has 1 aromatic rings. The number of phenols is 1. The van der Waals surface area contributed by atoms with Crippen LogP contribution >= 0.6 is 0 Å². The van der Waals surface area contributed by atoms with Crippen molar-refractivity contribution in [2.75, 3.05) is 31.6 Å². The lowest BCUT2D eigenvalue weighted by Gasteiger charge is -2.53. The highest BCUT2D eigenvalue weighted by Crippen LogP contribution is 2.62. The maximum Gasteiger partial charge on any atom is 0.230 e. The molecule has 7 rings (SSSR count). The van der Waals surface area contributed by atoms with E-state index in [2.05, 4.69) is 18.0 Å². The van der Waals surface area contributed by atoms with Crippen LogP contribution in [0.2, 0.25) is 0 Å². The summed E-state index contributed by atoms with van der Waals surface area (Å²) < 4.78 is 6.17. The van der Waals surface area contributed by atoms with Crippen LogP contribution in [-0.4, -0.2) is 60.6 Å². The fourth-order valence-electron chi connectivity index (χ4n) is 6.71. The van der Waals surface area contributed by atoms with E-state index in [0.29, 0.717) is 31.6 Å². The number of hydrogen-bond acceptors (Lipinski definition) is 5. The molecule has 5 aliphatic heterocycles. The topological polar surface area (TPSA) is 70.1 Å². The number of nitrogens with zero attached hydrogens (tertiary/aromatic N) is 2. The third-order valence-corrected chi connectivity index (χ3v) is 7.80. The molecule has 3 saturated heterocycles. The third kappa shape index (κ3) is 1.85. The van der Waals surface area contributed by atoms with Crippen molar-refractivity contribution in [1.82, 2.24) is 4.90 Å². The molecule has 4 bridgehead atoms. The summed E-state index contributed by atoms with van der Waals surface area (Å²) in [6.45, 7) is 2.12. The Bertz CT molecular complexity index is 940. The average Bonchev–Trinajstić information content (AvgIpc) is 2.92. The molecule has 1 N–H and O–H groups in total. The predicted octanol–water partition coefficient (Wildman–Crippen LogP) is 1.61. The quantitative estimate of drug-likeness (QED) is 0.693. The van der Waals surface area contributed by atoms with Crippen molar-refractivity contribution < 1.29 is 19.4 Å². The number of Topliss-reactive ketones (excluding diaryl/α,β-unsaturated/α-hetero) is 1. The standard InChI is InChI=1S/C22H24N2O4/c1-23-7-6-22-14-3-2-4-15(25)20(14)24-18(27)10-16-19(21(22)24)13(9-17(22)26)12(11-23)5-8-28-16/h2-5,13,16,19,21,25H,6-11H2,1H3/t13-,16+,19-,21-,22+/m0/s1. The lowest BCUT2D eigenvalue weighted by molar-refractivity contribution is -0.140. The molecule has 1 amide bonds. The number of anilines is 1. The first-order valence-corrected chi connectivity index (χ1v) is 10.2. The van der Waals surface area contributed by atoms with Gasteiger partial charge in [0.25, 0.3) is 0 Å².